The number of nitrogens with zero attached hydrogens (tertiary/aromatic N) is 17. The number of fused-ring (bicyclic) bond motifs is 4. The van der Waals surface area contributed by atoms with Crippen molar-refractivity contribution < 1.29 is 78.6 Å². The van der Waals surface area contributed by atoms with Crippen LogP contribution in [0.25, 0.3) is 44.7 Å². The first-order valence-corrected chi connectivity index (χ1v) is 28.7. The van der Waals surface area contributed by atoms with Gasteiger partial charge in [-0.2, -0.15) is 0 Å². The maximum absolute atomic E-state index is 12.4. The van der Waals surface area contributed by atoms with E-state index in [4.69, 9.17) is 4.11 Å². The minimum absolute atomic E-state index is 0. The first-order chi connectivity index (χ1) is 41.7. The number of Topliss-reactive ketones (excluding diaryl/α,β-unsaturated/α-hetero) is 1. The molecule has 0 fully saturated rings. The molecule has 8 rings (SSSR count). The van der Waals surface area contributed by atoms with Gasteiger partial charge < -0.3 is 70.7 Å². The summed E-state index contributed by atoms with van der Waals surface area (Å²) in [6.07, 6.45) is 14.0. The van der Waals surface area contributed by atoms with Crippen molar-refractivity contribution in [1.29, 1.82) is 0 Å². The number of alkyl halides is 1. The third-order valence-corrected chi connectivity index (χ3v) is 14.3. The van der Waals surface area contributed by atoms with Gasteiger partial charge in [-0.25, -0.2) is 43.2 Å². The molecule has 0 aliphatic heterocycles. The Morgan fingerprint density at radius 3 is 1.18 bits per heavy atom. The normalized spacial score (nSPS) is 11.3. The molecule has 0 spiro atoms. The van der Waals surface area contributed by atoms with Crippen LogP contribution in [-0.2, 0) is 90.4 Å². The minimum Gasteiger partial charge on any atom is -1.00 e. The number of hydrogen-bond donors (Lipinski definition) is 2. The monoisotopic (exact) mass is 1450 g/mol. The Balaban J connectivity index is 0. The Labute approximate surface area is 582 Å². The van der Waals surface area contributed by atoms with Gasteiger partial charge in [0, 0.05) is 129 Å². The second-order valence-electron chi connectivity index (χ2n) is 21.0. The van der Waals surface area contributed by atoms with Gasteiger partial charge in [0.25, 0.3) is 22.2 Å². The summed E-state index contributed by atoms with van der Waals surface area (Å²) in [5.41, 5.74) is 0.322. The molecular weight excluding hydrogens is 1360 g/mol. The number of aromatic amines is 1. The Hall–Kier alpha value is -5.85. The molecule has 0 saturated heterocycles. The van der Waals surface area contributed by atoms with Crippen LogP contribution in [0, 0.1) is 7.35 Å². The molecule has 0 radical (unpaired) electrons. The maximum Gasteiger partial charge on any atom is 2.00 e. The van der Waals surface area contributed by atoms with E-state index in [9.17, 15) is 57.8 Å². The quantitative estimate of drug-likeness (QED) is 0.0251. The molecule has 89 heavy (non-hydrogen) atoms. The van der Waals surface area contributed by atoms with Crippen molar-refractivity contribution >= 4 is 101 Å². The molecule has 484 valence electrons. The number of aliphatic hydroxyl groups is 1. The van der Waals surface area contributed by atoms with Crippen LogP contribution in [0.2, 0.25) is 0 Å². The van der Waals surface area contributed by atoms with Crippen LogP contribution < -0.4 is 98.5 Å². The number of H-pyrrole nitrogens is 1. The Kier molecular flexibility index (Phi) is 33.7. The van der Waals surface area contributed by atoms with Crippen LogP contribution in [0.3, 0.4) is 0 Å². The molecule has 0 saturated carbocycles. The number of rotatable bonds is 19. The molecule has 8 heterocycles. The van der Waals surface area contributed by atoms with E-state index < -0.39 is 18.6 Å². The fourth-order valence-electron chi connectivity index (χ4n) is 8.76. The summed E-state index contributed by atoms with van der Waals surface area (Å²) in [7, 11) is 19.4. The fourth-order valence-corrected chi connectivity index (χ4v) is 9.16. The summed E-state index contributed by atoms with van der Waals surface area (Å²) in [6.45, 7) is 4.24. The molecule has 1 atom stereocenters. The van der Waals surface area contributed by atoms with Crippen LogP contribution in [-0.4, -0.2) is 170 Å². The van der Waals surface area contributed by atoms with Crippen molar-refractivity contribution in [2.45, 2.75) is 117 Å². The largest absolute Gasteiger partial charge is 2.00 e. The Morgan fingerprint density at radius 2 is 0.865 bits per heavy atom. The predicted octanol–water partition coefficient (Wildman–Crippen LogP) is -5.34. The van der Waals surface area contributed by atoms with Gasteiger partial charge in [-0.15, -0.1) is 0 Å². The van der Waals surface area contributed by atoms with E-state index >= 15 is 0 Å². The molecule has 30 nitrogen and oxygen atoms in total. The number of halogens is 2. The van der Waals surface area contributed by atoms with Crippen LogP contribution >= 0.6 is 15.9 Å². The van der Waals surface area contributed by atoms with Crippen LogP contribution in [0.1, 0.15) is 96.4 Å². The molecule has 0 aromatic carbocycles. The van der Waals surface area contributed by atoms with Gasteiger partial charge in [0.2, 0.25) is 11.8 Å². The number of carbonyl (C=O) groups is 3. The molecule has 34 heteroatoms. The zero-order valence-corrected chi connectivity index (χ0v) is 60.9. The number of aromatic nitrogens is 16. The van der Waals surface area contributed by atoms with Crippen molar-refractivity contribution in [3.05, 3.63) is 116 Å². The Morgan fingerprint density at radius 1 is 0.562 bits per heavy atom. The van der Waals surface area contributed by atoms with E-state index in [1.54, 1.807) is 115 Å². The SMILES string of the molecule is CC(=O)CCCCn1c(=O)c2c(ncn2C)n(C)c1=O.CN(C)C(=O)CCCCBr.CN(C)C(=O)CCCCn1c(=O)c2c(ncn2C)n(C)c1=O.C[C@H](O)CCCCn1c(=O)c2c(ncn2C)n(C)c1=O.Cn1cnc2c1c(=O)[nH]c(=O)n2C.[2H][C-]([2H])[2H].[H-].[I-].[Mg+2].[Na+]. The summed E-state index contributed by atoms with van der Waals surface area (Å²) in [5, 5.41) is 10.2. The van der Waals surface area contributed by atoms with Crippen LogP contribution in [0.4, 0.5) is 0 Å². The smallest absolute Gasteiger partial charge is 1.00 e. The number of unbranched alkanes of at least 4 members (excludes halogenated alkanes) is 4. The van der Waals surface area contributed by atoms with E-state index in [1.807, 2.05) is 0 Å². The number of carbonyl (C=O) groups excluding carboxylic acids is 3. The molecule has 8 aromatic heterocycles. The predicted molar refractivity (Wildman–Crippen MR) is 339 cm³/mol. The maximum atomic E-state index is 12.4. The van der Waals surface area contributed by atoms with Crippen molar-refractivity contribution in [1.82, 2.24) is 85.0 Å². The van der Waals surface area contributed by atoms with E-state index in [-0.39, 0.29) is 135 Å². The van der Waals surface area contributed by atoms with E-state index in [0.29, 0.717) is 122 Å². The third kappa shape index (κ3) is 21.6. The average Bonchev–Trinajstić information content (AvgIpc) is 1.77. The Bertz CT molecular complexity index is 4230. The van der Waals surface area contributed by atoms with Crippen LogP contribution in [0.15, 0.2) is 63.7 Å². The van der Waals surface area contributed by atoms with E-state index in [0.717, 1.165) is 24.6 Å². The van der Waals surface area contributed by atoms with Gasteiger partial charge in [0.05, 0.1) is 31.4 Å². The standard InChI is InChI=1S/C14H21N5O3.C13H20N4O3.C13H18N4O3.C7H14BrNO.C7H8N4O2.CH3.HI.Mg.Na.H/c1-16(2)10(20)7-5-6-8-19-13(21)11-12(15-9-17(11)3)18(4)14(19)22;2*1-9(18)6-4-5-7-17-12(19)10-11(14-8-15(10)2)16(3)13(17)20;1-9(2)7(10)5-3-4-6-8;1-10-3-8-5-4(10)6(12)9-7(13)11(5)2;;;;;/h9H,5-8H2,1-4H3;8-9,18H,4-7H2,1-3H3;8H,4-7H2,1-3H3;3-6H2,1-2H3;3H,1-2H3,(H,9,12,13);1H3;1H;;;/q;;;;;-1;;+2;+1;-1/p-1/t;9-;;;;;;;;/m.0......../s1/i;;;;;1D3;;;;. The summed E-state index contributed by atoms with van der Waals surface area (Å²) < 4.78 is 33.1. The zero-order chi connectivity index (χ0) is 67.3. The van der Waals surface area contributed by atoms with Crippen molar-refractivity contribution in [2.24, 2.45) is 56.4 Å². The first-order valence-electron chi connectivity index (χ1n) is 29.1. The van der Waals surface area contributed by atoms with Gasteiger partial charge >= 0.3 is 75.4 Å². The summed E-state index contributed by atoms with van der Waals surface area (Å²) in [4.78, 5) is 151. The number of hydrogen-bond acceptors (Lipinski definition) is 16. The number of ketones is 1. The molecule has 2 N–H and O–H groups in total. The molecule has 2 amide bonds. The van der Waals surface area contributed by atoms with Crippen molar-refractivity contribution in [3.8, 4) is 0 Å². The second-order valence-corrected chi connectivity index (χ2v) is 21.8. The number of aryl methyl sites for hydroxylation is 8. The third-order valence-electron chi connectivity index (χ3n) is 13.8. The van der Waals surface area contributed by atoms with E-state index in [1.165, 1.54) is 69.1 Å². The fraction of sp³-hybridized carbons (Fsp3) is 0.564. The molecule has 0 aliphatic rings. The van der Waals surface area contributed by atoms with Crippen LogP contribution in [0.5, 0.6) is 0 Å². The van der Waals surface area contributed by atoms with Crippen molar-refractivity contribution in [3.63, 3.8) is 0 Å². The topological polar surface area (TPSA) is 336 Å². The van der Waals surface area contributed by atoms with E-state index in [2.05, 4.69) is 40.8 Å². The van der Waals surface area contributed by atoms with Gasteiger partial charge in [0.15, 0.2) is 44.7 Å². The summed E-state index contributed by atoms with van der Waals surface area (Å²) in [6, 6.07) is 0. The number of aliphatic hydroxyl groups excluding tert-OH is 1. The number of amides is 2. The number of nitrogens with one attached hydrogen (secondary N) is 1. The average molecular weight is 1450 g/mol. The first kappa shape index (κ1) is 77.4. The molecule has 0 bridgehead atoms. The van der Waals surface area contributed by atoms with Crippen molar-refractivity contribution in [2.75, 3.05) is 33.5 Å². The van der Waals surface area contributed by atoms with Gasteiger partial charge in [0.1, 0.15) is 5.78 Å². The van der Waals surface area contributed by atoms with Gasteiger partial charge in [-0.1, -0.05) is 15.9 Å². The summed E-state index contributed by atoms with van der Waals surface area (Å²) >= 11 is 3.31. The van der Waals surface area contributed by atoms with Gasteiger partial charge in [-0.3, -0.25) is 65.7 Å². The van der Waals surface area contributed by atoms with Gasteiger partial charge in [-0.05, 0) is 71.6 Å². The zero-order valence-electron chi connectivity index (χ0n) is 57.7. The summed E-state index contributed by atoms with van der Waals surface area (Å²) in [5.74, 6) is 0.385. The number of imidazole rings is 4. The second kappa shape index (κ2) is 38.8. The molecule has 0 unspecified atom stereocenters. The molecular formula is C55H85BrIMgN18NaO12. The molecule has 8 aromatic rings. The minimum atomic E-state index is -0.833. The molecule has 0 aliphatic carbocycles.